The number of hydrogen-bond acceptors (Lipinski definition) is 7. The smallest absolute Gasteiger partial charge is 0.338 e. The summed E-state index contributed by atoms with van der Waals surface area (Å²) >= 11 is 0. The summed E-state index contributed by atoms with van der Waals surface area (Å²) in [4.78, 5) is 16.0. The van der Waals surface area contributed by atoms with Crippen molar-refractivity contribution in [3.63, 3.8) is 0 Å². The number of rotatable bonds is 7. The van der Waals surface area contributed by atoms with Crippen molar-refractivity contribution >= 4 is 5.97 Å². The van der Waals surface area contributed by atoms with Gasteiger partial charge in [-0.1, -0.05) is 36.8 Å². The first-order valence-corrected chi connectivity index (χ1v) is 14.4. The lowest BCUT2D eigenvalue weighted by molar-refractivity contribution is -0.246. The van der Waals surface area contributed by atoms with Crippen molar-refractivity contribution in [2.24, 2.45) is 34.5 Å². The zero-order chi connectivity index (χ0) is 26.2. The van der Waals surface area contributed by atoms with Crippen molar-refractivity contribution in [3.8, 4) is 0 Å². The molecule has 206 valence electrons. The molecule has 0 radical (unpaired) electrons. The maximum atomic E-state index is 13.4. The first-order chi connectivity index (χ1) is 18.5. The third-order valence-electron chi connectivity index (χ3n) is 11.3. The molecular formula is C31H41NO6. The molecule has 11 atom stereocenters. The normalized spacial score (nSPS) is 46.4. The zero-order valence-corrected chi connectivity index (χ0v) is 23.0. The van der Waals surface area contributed by atoms with E-state index in [-0.39, 0.29) is 65.2 Å². The molecule has 2 heterocycles. The van der Waals surface area contributed by atoms with Gasteiger partial charge in [0.15, 0.2) is 0 Å². The van der Waals surface area contributed by atoms with E-state index in [1.807, 2.05) is 44.6 Å². The zero-order valence-electron chi connectivity index (χ0n) is 23.0. The molecular weight excluding hydrogens is 482 g/mol. The number of carbonyl (C=O) groups excluding carboxylic acids is 1. The summed E-state index contributed by atoms with van der Waals surface area (Å²) in [6.07, 6.45) is 6.24. The monoisotopic (exact) mass is 523 g/mol. The van der Waals surface area contributed by atoms with Crippen LogP contribution in [0.15, 0.2) is 42.0 Å². The summed E-state index contributed by atoms with van der Waals surface area (Å²) in [7, 11) is 5.52. The van der Waals surface area contributed by atoms with E-state index in [1.165, 1.54) is 5.57 Å². The van der Waals surface area contributed by atoms with Gasteiger partial charge in [-0.3, -0.25) is 4.90 Å². The largest absolute Gasteiger partial charge is 0.458 e. The minimum Gasteiger partial charge on any atom is -0.458 e. The minimum absolute atomic E-state index is 0.00443. The number of fused-ring (bicyclic) bond motifs is 1. The Kier molecular flexibility index (Phi) is 6.06. The fraction of sp³-hybridized carbons (Fsp3) is 0.710. The molecule has 0 spiro atoms. The quantitative estimate of drug-likeness (QED) is 0.396. The van der Waals surface area contributed by atoms with Crippen molar-refractivity contribution in [2.45, 2.75) is 63.3 Å². The van der Waals surface area contributed by atoms with Crippen LogP contribution in [0.4, 0.5) is 0 Å². The van der Waals surface area contributed by atoms with Crippen LogP contribution < -0.4 is 0 Å². The van der Waals surface area contributed by atoms with Crippen molar-refractivity contribution in [1.29, 1.82) is 0 Å². The summed E-state index contributed by atoms with van der Waals surface area (Å²) in [5.74, 6) is 0.668. The van der Waals surface area contributed by atoms with E-state index in [1.54, 1.807) is 7.11 Å². The van der Waals surface area contributed by atoms with Gasteiger partial charge in [0.25, 0.3) is 0 Å². The van der Waals surface area contributed by atoms with Crippen molar-refractivity contribution < 1.29 is 28.5 Å². The lowest BCUT2D eigenvalue weighted by atomic mass is 9.46. The van der Waals surface area contributed by atoms with E-state index in [9.17, 15) is 4.79 Å². The van der Waals surface area contributed by atoms with Gasteiger partial charge in [-0.05, 0) is 50.3 Å². The predicted molar refractivity (Wildman–Crippen MR) is 140 cm³/mol. The van der Waals surface area contributed by atoms with E-state index in [0.717, 1.165) is 45.4 Å². The van der Waals surface area contributed by atoms with E-state index in [4.69, 9.17) is 23.7 Å². The van der Waals surface area contributed by atoms with Gasteiger partial charge in [0.05, 0.1) is 30.5 Å². The van der Waals surface area contributed by atoms with Gasteiger partial charge in [-0.15, -0.1) is 0 Å². The number of esters is 1. The van der Waals surface area contributed by atoms with Crippen LogP contribution in [0.3, 0.4) is 0 Å². The Balaban J connectivity index is 1.37. The first kappa shape index (κ1) is 25.2. The number of piperidine rings is 1. The molecule has 7 nitrogen and oxygen atoms in total. The number of ether oxygens (including phenoxy) is 5. The van der Waals surface area contributed by atoms with Crippen LogP contribution in [0.25, 0.3) is 0 Å². The Hall–Kier alpha value is -1.77. The second kappa shape index (κ2) is 9.13. The Labute approximate surface area is 225 Å². The molecule has 4 aliphatic carbocycles. The Morgan fingerprint density at radius 3 is 2.68 bits per heavy atom. The number of benzene rings is 1. The van der Waals surface area contributed by atoms with Gasteiger partial charge in [0.1, 0.15) is 12.3 Å². The van der Waals surface area contributed by atoms with Crippen molar-refractivity contribution in [2.75, 3.05) is 41.0 Å². The van der Waals surface area contributed by atoms with Crippen LogP contribution in [-0.4, -0.2) is 82.5 Å². The van der Waals surface area contributed by atoms with E-state index in [0.29, 0.717) is 11.5 Å². The number of hydrogen-bond donors (Lipinski definition) is 0. The minimum atomic E-state index is -0.239. The maximum Gasteiger partial charge on any atom is 0.338 e. The lowest BCUT2D eigenvalue weighted by Gasteiger charge is -2.64. The number of likely N-dealkylation sites (tertiary alicyclic amines) is 1. The highest BCUT2D eigenvalue weighted by molar-refractivity contribution is 5.89. The highest BCUT2D eigenvalue weighted by atomic mass is 16.6. The Bertz CT molecular complexity index is 1110. The molecule has 0 amide bonds. The van der Waals surface area contributed by atoms with Gasteiger partial charge >= 0.3 is 5.97 Å². The number of nitrogens with zero attached hydrogens (tertiary/aromatic N) is 1. The standard InChI is InChI=1S/C31H41NO6/c1-5-32-16-30(17-34-2)12-11-24(36-4)31-21-15-20-22(35-3)13-19(14-23(27(30)31)37-29(31)32)25(21)26(20)38-28(33)18-9-7-6-8-10-18/h6-10,14,20-27,29H,5,11-13,15-17H2,1-4H3. The van der Waals surface area contributed by atoms with Gasteiger partial charge in [0.2, 0.25) is 0 Å². The maximum absolute atomic E-state index is 13.4. The molecule has 7 rings (SSSR count). The number of carbonyl (C=O) groups is 1. The Morgan fingerprint density at radius 2 is 1.97 bits per heavy atom. The summed E-state index contributed by atoms with van der Waals surface area (Å²) in [6.45, 7) is 4.90. The van der Waals surface area contributed by atoms with Crippen LogP contribution in [0.1, 0.15) is 43.0 Å². The molecule has 2 saturated heterocycles. The van der Waals surface area contributed by atoms with Crippen molar-refractivity contribution in [3.05, 3.63) is 47.5 Å². The van der Waals surface area contributed by atoms with Gasteiger partial charge in [0, 0.05) is 56.5 Å². The molecule has 1 aromatic carbocycles. The average molecular weight is 524 g/mol. The molecule has 1 aromatic rings. The molecule has 0 aromatic heterocycles. The van der Waals surface area contributed by atoms with Crippen LogP contribution in [0, 0.1) is 34.5 Å². The summed E-state index contributed by atoms with van der Waals surface area (Å²) in [5, 5.41) is 0. The highest BCUT2D eigenvalue weighted by Gasteiger charge is 2.78. The van der Waals surface area contributed by atoms with Crippen LogP contribution in [0.2, 0.25) is 0 Å². The van der Waals surface area contributed by atoms with Crippen LogP contribution >= 0.6 is 0 Å². The van der Waals surface area contributed by atoms with Gasteiger partial charge in [-0.2, -0.15) is 0 Å². The third-order valence-corrected chi connectivity index (χ3v) is 11.3. The van der Waals surface area contributed by atoms with Crippen molar-refractivity contribution in [1.82, 2.24) is 4.90 Å². The Morgan fingerprint density at radius 1 is 1.16 bits per heavy atom. The van der Waals surface area contributed by atoms with Crippen LogP contribution in [0.5, 0.6) is 0 Å². The average Bonchev–Trinajstić information content (AvgIpc) is 3.30. The van der Waals surface area contributed by atoms with E-state index >= 15 is 0 Å². The molecule has 3 saturated carbocycles. The van der Waals surface area contributed by atoms with E-state index < -0.39 is 0 Å². The molecule has 11 unspecified atom stereocenters. The third kappa shape index (κ3) is 3.17. The summed E-state index contributed by atoms with van der Waals surface area (Å²) in [5.41, 5.74) is 1.78. The molecule has 0 N–H and O–H groups in total. The second-order valence-electron chi connectivity index (χ2n) is 12.5. The molecule has 38 heavy (non-hydrogen) atoms. The fourth-order valence-corrected chi connectivity index (χ4v) is 10.3. The van der Waals surface area contributed by atoms with Gasteiger partial charge in [-0.25, -0.2) is 4.79 Å². The topological polar surface area (TPSA) is 66.5 Å². The second-order valence-corrected chi connectivity index (χ2v) is 12.5. The molecule has 5 fully saturated rings. The van der Waals surface area contributed by atoms with Crippen LogP contribution in [-0.2, 0) is 23.7 Å². The summed E-state index contributed by atoms with van der Waals surface area (Å²) < 4.78 is 32.0. The summed E-state index contributed by atoms with van der Waals surface area (Å²) in [6, 6.07) is 9.39. The van der Waals surface area contributed by atoms with Gasteiger partial charge < -0.3 is 23.7 Å². The predicted octanol–water partition coefficient (Wildman–Crippen LogP) is 3.93. The molecule has 2 aliphatic heterocycles. The van der Waals surface area contributed by atoms with E-state index in [2.05, 4.69) is 17.9 Å². The number of methoxy groups -OCH3 is 3. The lowest BCUT2D eigenvalue weighted by Crippen LogP contribution is -2.71. The SMILES string of the molecule is CCN1CC2(COC)CCC(OC)C34C5CC6C(OC)CC(=CC(OC13)C24)C5C6OC(=O)c1ccccc1. The molecule has 7 heteroatoms. The first-order valence-electron chi connectivity index (χ1n) is 14.4. The highest BCUT2D eigenvalue weighted by Crippen LogP contribution is 2.73. The molecule has 6 aliphatic rings. The molecule has 7 bridgehead atoms. The fourth-order valence-electron chi connectivity index (χ4n) is 10.3.